The molecule has 17 heavy (non-hydrogen) atoms. The molecule has 0 saturated carbocycles. The third kappa shape index (κ3) is 2.14. The lowest BCUT2D eigenvalue weighted by molar-refractivity contribution is 0.0775. The third-order valence-electron chi connectivity index (χ3n) is 3.52. The van der Waals surface area contributed by atoms with Crippen molar-refractivity contribution in [2.45, 2.75) is 33.2 Å². The Kier molecular flexibility index (Phi) is 3.36. The van der Waals surface area contributed by atoms with Crippen LogP contribution in [0.4, 0.5) is 5.69 Å². The van der Waals surface area contributed by atoms with Crippen LogP contribution in [0.15, 0.2) is 6.20 Å². The molecule has 1 aromatic heterocycles. The van der Waals surface area contributed by atoms with Crippen molar-refractivity contribution in [3.05, 3.63) is 11.9 Å². The van der Waals surface area contributed by atoms with Crippen molar-refractivity contribution < 1.29 is 4.79 Å². The third-order valence-corrected chi connectivity index (χ3v) is 3.52. The van der Waals surface area contributed by atoms with Crippen LogP contribution in [0.1, 0.15) is 37.2 Å². The van der Waals surface area contributed by atoms with Gasteiger partial charge in [-0.2, -0.15) is 5.10 Å². The van der Waals surface area contributed by atoms with Gasteiger partial charge in [0.05, 0.1) is 11.9 Å². The Morgan fingerprint density at radius 3 is 2.94 bits per heavy atom. The first-order chi connectivity index (χ1) is 8.17. The van der Waals surface area contributed by atoms with Gasteiger partial charge in [0.2, 0.25) is 0 Å². The zero-order valence-electron chi connectivity index (χ0n) is 10.5. The first kappa shape index (κ1) is 12.0. The first-order valence-corrected chi connectivity index (χ1v) is 6.27. The largest absolute Gasteiger partial charge is 0.396 e. The molecule has 5 nitrogen and oxygen atoms in total. The number of anilines is 1. The van der Waals surface area contributed by atoms with Crippen LogP contribution in [0.5, 0.6) is 0 Å². The highest BCUT2D eigenvalue weighted by molar-refractivity contribution is 5.97. The van der Waals surface area contributed by atoms with Crippen molar-refractivity contribution in [3.8, 4) is 0 Å². The quantitative estimate of drug-likeness (QED) is 0.861. The summed E-state index contributed by atoms with van der Waals surface area (Å²) in [7, 11) is 0. The van der Waals surface area contributed by atoms with Gasteiger partial charge in [-0.15, -0.1) is 0 Å². The van der Waals surface area contributed by atoms with Gasteiger partial charge in [0.25, 0.3) is 5.91 Å². The molecule has 1 unspecified atom stereocenters. The zero-order valence-corrected chi connectivity index (χ0v) is 10.5. The van der Waals surface area contributed by atoms with E-state index in [0.717, 1.165) is 25.9 Å². The summed E-state index contributed by atoms with van der Waals surface area (Å²) in [4.78, 5) is 14.3. The molecule has 94 valence electrons. The first-order valence-electron chi connectivity index (χ1n) is 6.27. The van der Waals surface area contributed by atoms with E-state index in [4.69, 9.17) is 5.73 Å². The molecule has 0 aliphatic carbocycles. The van der Waals surface area contributed by atoms with E-state index < -0.39 is 0 Å². The molecule has 1 aliphatic rings. The minimum atomic E-state index is 0.0257. The summed E-state index contributed by atoms with van der Waals surface area (Å²) in [6, 6.07) is 0. The Morgan fingerprint density at radius 2 is 2.35 bits per heavy atom. The number of rotatable bonds is 3. The lowest BCUT2D eigenvalue weighted by Crippen LogP contribution is -2.31. The van der Waals surface area contributed by atoms with Crippen molar-refractivity contribution >= 4 is 11.6 Å². The van der Waals surface area contributed by atoms with Crippen molar-refractivity contribution in [2.75, 3.05) is 18.8 Å². The number of aromatic nitrogens is 2. The molecule has 1 aromatic rings. The van der Waals surface area contributed by atoms with Gasteiger partial charge < -0.3 is 10.6 Å². The molecular formula is C12H20N4O. The summed E-state index contributed by atoms with van der Waals surface area (Å²) in [5.74, 6) is 0.663. The molecular weight excluding hydrogens is 216 g/mol. The number of nitrogens with two attached hydrogens (primary N) is 1. The number of hydrogen-bond acceptors (Lipinski definition) is 3. The van der Waals surface area contributed by atoms with Gasteiger partial charge in [-0.3, -0.25) is 9.48 Å². The van der Waals surface area contributed by atoms with E-state index in [1.54, 1.807) is 10.9 Å². The van der Waals surface area contributed by atoms with Crippen molar-refractivity contribution in [1.82, 2.24) is 14.7 Å². The Balaban J connectivity index is 2.17. The van der Waals surface area contributed by atoms with Gasteiger partial charge >= 0.3 is 0 Å². The molecule has 0 radical (unpaired) electrons. The normalized spacial score (nSPS) is 19.9. The number of nitrogen functional groups attached to an aromatic ring is 1. The molecule has 1 fully saturated rings. The molecule has 2 rings (SSSR count). The van der Waals surface area contributed by atoms with Crippen LogP contribution in [-0.4, -0.2) is 33.7 Å². The number of carbonyl (C=O) groups is 1. The summed E-state index contributed by atoms with van der Waals surface area (Å²) in [5, 5.41) is 4.11. The second kappa shape index (κ2) is 4.77. The highest BCUT2D eigenvalue weighted by Crippen LogP contribution is 2.22. The summed E-state index contributed by atoms with van der Waals surface area (Å²) in [6.07, 6.45) is 3.79. The van der Waals surface area contributed by atoms with Crippen molar-refractivity contribution in [1.29, 1.82) is 0 Å². The molecule has 0 spiro atoms. The second-order valence-corrected chi connectivity index (χ2v) is 4.58. The van der Waals surface area contributed by atoms with E-state index in [1.165, 1.54) is 0 Å². The smallest absolute Gasteiger partial charge is 0.274 e. The predicted octanol–water partition coefficient (Wildman–Crippen LogP) is 1.36. The standard InChI is InChI=1S/C12H20N4O/c1-3-9-5-6-15(8-9)12(17)11-10(13)7-14-16(11)4-2/h7,9H,3-6,8,13H2,1-2H3. The molecule has 0 aromatic carbocycles. The van der Waals surface area contributed by atoms with E-state index in [2.05, 4.69) is 12.0 Å². The topological polar surface area (TPSA) is 64.2 Å². The highest BCUT2D eigenvalue weighted by atomic mass is 16.2. The minimum Gasteiger partial charge on any atom is -0.396 e. The van der Waals surface area contributed by atoms with Crippen LogP contribution in [-0.2, 0) is 6.54 Å². The van der Waals surface area contributed by atoms with Gasteiger partial charge in [-0.05, 0) is 19.3 Å². The molecule has 2 N–H and O–H groups in total. The Bertz CT molecular complexity index is 413. The minimum absolute atomic E-state index is 0.0257. The predicted molar refractivity (Wildman–Crippen MR) is 66.6 cm³/mol. The SMILES string of the molecule is CCC1CCN(C(=O)c2c(N)cnn2CC)C1. The number of aryl methyl sites for hydroxylation is 1. The number of nitrogens with zero attached hydrogens (tertiary/aromatic N) is 3. The summed E-state index contributed by atoms with van der Waals surface area (Å²) in [6.45, 7) is 6.49. The molecule has 0 bridgehead atoms. The number of amides is 1. The van der Waals surface area contributed by atoms with Gasteiger partial charge in [0, 0.05) is 19.6 Å². The number of likely N-dealkylation sites (tertiary alicyclic amines) is 1. The Labute approximate surface area is 102 Å². The van der Waals surface area contributed by atoms with Crippen LogP contribution >= 0.6 is 0 Å². The molecule has 5 heteroatoms. The molecule has 2 heterocycles. The average Bonchev–Trinajstić information content (AvgIpc) is 2.94. The molecule has 1 saturated heterocycles. The number of hydrogen-bond donors (Lipinski definition) is 1. The van der Waals surface area contributed by atoms with Gasteiger partial charge in [0.1, 0.15) is 5.69 Å². The molecule has 1 aliphatic heterocycles. The van der Waals surface area contributed by atoms with Crippen LogP contribution < -0.4 is 5.73 Å². The fourth-order valence-electron chi connectivity index (χ4n) is 2.37. The van der Waals surface area contributed by atoms with Crippen LogP contribution in [0.25, 0.3) is 0 Å². The Morgan fingerprint density at radius 1 is 1.59 bits per heavy atom. The van der Waals surface area contributed by atoms with Crippen LogP contribution in [0, 0.1) is 5.92 Å². The van der Waals surface area contributed by atoms with Gasteiger partial charge in [-0.1, -0.05) is 13.3 Å². The van der Waals surface area contributed by atoms with Gasteiger partial charge in [0.15, 0.2) is 0 Å². The maximum absolute atomic E-state index is 12.4. The van der Waals surface area contributed by atoms with E-state index in [0.29, 0.717) is 23.8 Å². The van der Waals surface area contributed by atoms with Crippen LogP contribution in [0.2, 0.25) is 0 Å². The monoisotopic (exact) mass is 236 g/mol. The fraction of sp³-hybridized carbons (Fsp3) is 0.667. The average molecular weight is 236 g/mol. The van der Waals surface area contributed by atoms with E-state index in [-0.39, 0.29) is 5.91 Å². The Hall–Kier alpha value is -1.52. The fourth-order valence-corrected chi connectivity index (χ4v) is 2.37. The van der Waals surface area contributed by atoms with Gasteiger partial charge in [-0.25, -0.2) is 0 Å². The maximum atomic E-state index is 12.4. The lowest BCUT2D eigenvalue weighted by atomic mass is 10.1. The molecule has 1 atom stereocenters. The summed E-state index contributed by atoms with van der Waals surface area (Å²) in [5.41, 5.74) is 6.85. The van der Waals surface area contributed by atoms with Crippen LogP contribution in [0.3, 0.4) is 0 Å². The van der Waals surface area contributed by atoms with E-state index in [1.807, 2.05) is 11.8 Å². The summed E-state index contributed by atoms with van der Waals surface area (Å²) < 4.78 is 1.68. The van der Waals surface area contributed by atoms with E-state index >= 15 is 0 Å². The van der Waals surface area contributed by atoms with Crippen molar-refractivity contribution in [2.24, 2.45) is 5.92 Å². The zero-order chi connectivity index (χ0) is 12.4. The maximum Gasteiger partial charge on any atom is 0.274 e. The van der Waals surface area contributed by atoms with Crippen molar-refractivity contribution in [3.63, 3.8) is 0 Å². The second-order valence-electron chi connectivity index (χ2n) is 4.58. The lowest BCUT2D eigenvalue weighted by Gasteiger charge is -2.17. The van der Waals surface area contributed by atoms with E-state index in [9.17, 15) is 4.79 Å². The molecule has 1 amide bonds. The summed E-state index contributed by atoms with van der Waals surface area (Å²) >= 11 is 0. The number of carbonyl (C=O) groups excluding carboxylic acids is 1. The highest BCUT2D eigenvalue weighted by Gasteiger charge is 2.28.